The minimum Gasteiger partial charge on any atom is -0.479 e. The van der Waals surface area contributed by atoms with Gasteiger partial charge in [0.25, 0.3) is 0 Å². The van der Waals surface area contributed by atoms with E-state index in [-0.39, 0.29) is 73.7 Å². The summed E-state index contributed by atoms with van der Waals surface area (Å²) in [7, 11) is 5.74. The standard InChI is InChI=1S/C65H106O20/c1-16-34(3)43(77-12)28-39(69)30-49(71)82-44(35(4)17-2)29-38(68)26-37(67)27-40-50(72)36(5)81-57(52(40)78-13)85-59(76)65-25-24-60(6,7)31-42(65)41-18-19-46-61(8)22-21-48(83-58-55(80-15)53(79-14)51(73)54(84-58)56(74)75)62(9,33-66)45(61)20-23-63(46,10)64(41,11)32-47(65)70/h18,33-36,38-40,42-48,50-55,57-58,68-70,72-73H,16-17,19-32H2,1-15H3,(H,74,75)/t34?,35?,36?,38?,39?,40?,42?,43?,44?,45?,46?,47-,48+,50?,51?,52?,53?,54?,55?,57?,58?,61?,62+,63?,64-,65-/m1/s1. The van der Waals surface area contributed by atoms with Crippen molar-refractivity contribution in [1.29, 1.82) is 0 Å². The fourth-order valence-corrected chi connectivity index (χ4v) is 17.8. The number of aldehydes is 1. The van der Waals surface area contributed by atoms with Gasteiger partial charge in [-0.15, -0.1) is 0 Å². The Balaban J connectivity index is 1.08. The molecule has 2 saturated heterocycles. The molecule has 0 spiro atoms. The first kappa shape index (κ1) is 69.5. The monoisotopic (exact) mass is 1210 g/mol. The van der Waals surface area contributed by atoms with Gasteiger partial charge in [0.15, 0.2) is 12.4 Å². The quantitative estimate of drug-likeness (QED) is 0.0231. The van der Waals surface area contributed by atoms with Gasteiger partial charge in [-0.05, 0) is 116 Å². The molecule has 0 radical (unpaired) electrons. The summed E-state index contributed by atoms with van der Waals surface area (Å²) in [6.45, 7) is 22.7. The summed E-state index contributed by atoms with van der Waals surface area (Å²) in [5.74, 6) is -4.47. The molecule has 0 amide bonds. The van der Waals surface area contributed by atoms with Gasteiger partial charge in [-0.25, -0.2) is 4.79 Å². The summed E-state index contributed by atoms with van der Waals surface area (Å²) in [6, 6.07) is 0. The zero-order valence-electron chi connectivity index (χ0n) is 53.5. The lowest BCUT2D eigenvalue weighted by Gasteiger charge is -2.71. The minimum absolute atomic E-state index is 0.0284. The van der Waals surface area contributed by atoms with Crippen LogP contribution < -0.4 is 0 Å². The number of carboxylic acid groups (broad SMARTS) is 1. The molecule has 26 atom stereocenters. The highest BCUT2D eigenvalue weighted by Gasteiger charge is 2.72. The number of aliphatic hydroxyl groups excluding tert-OH is 5. The smallest absolute Gasteiger partial charge is 0.335 e. The van der Waals surface area contributed by atoms with Gasteiger partial charge in [0.05, 0.1) is 54.6 Å². The van der Waals surface area contributed by atoms with Crippen LogP contribution in [0.25, 0.3) is 0 Å². The average molecular weight is 1210 g/mol. The van der Waals surface area contributed by atoms with Gasteiger partial charge in [-0.2, -0.15) is 0 Å². The molecule has 5 aliphatic carbocycles. The van der Waals surface area contributed by atoms with E-state index in [2.05, 4.69) is 40.7 Å². The van der Waals surface area contributed by atoms with E-state index in [4.69, 9.17) is 42.6 Å². The van der Waals surface area contributed by atoms with E-state index in [9.17, 15) is 49.8 Å². The Hall–Kier alpha value is -2.99. The molecule has 0 aromatic heterocycles. The number of carbonyl (C=O) groups excluding carboxylic acids is 4. The number of fused-ring (bicyclic) bond motifs is 7. The number of ketones is 1. The van der Waals surface area contributed by atoms with Crippen LogP contribution in [0, 0.1) is 68.0 Å². The Morgan fingerprint density at radius 2 is 1.38 bits per heavy atom. The zero-order valence-corrected chi connectivity index (χ0v) is 53.5. The van der Waals surface area contributed by atoms with Gasteiger partial charge in [0, 0.05) is 60.0 Å². The maximum absolute atomic E-state index is 15.5. The molecular weight excluding hydrogens is 1100 g/mol. The summed E-state index contributed by atoms with van der Waals surface area (Å²) in [4.78, 5) is 68.6. The lowest BCUT2D eigenvalue weighted by atomic mass is 9.33. The number of aliphatic hydroxyl groups is 5. The molecule has 2 heterocycles. The normalized spacial score (nSPS) is 42.7. The Morgan fingerprint density at radius 3 is 1.98 bits per heavy atom. The Kier molecular flexibility index (Phi) is 22.3. The third-order valence-corrected chi connectivity index (χ3v) is 23.5. The summed E-state index contributed by atoms with van der Waals surface area (Å²) in [5.41, 5.74) is -2.89. The number of Topliss-reactive ketones (excluding diaryl/α,β-unsaturated/α-hetero) is 1. The summed E-state index contributed by atoms with van der Waals surface area (Å²) in [6.07, 6.45) is -6.90. The number of esters is 2. The lowest BCUT2D eigenvalue weighted by molar-refractivity contribution is -0.327. The highest BCUT2D eigenvalue weighted by molar-refractivity contribution is 5.81. The third-order valence-electron chi connectivity index (χ3n) is 23.5. The molecule has 0 aromatic rings. The van der Waals surface area contributed by atoms with E-state index < -0.39 is 148 Å². The first-order valence-electron chi connectivity index (χ1n) is 31.6. The zero-order chi connectivity index (χ0) is 63.1. The number of rotatable bonds is 25. The molecule has 21 unspecified atom stereocenters. The molecule has 4 saturated carbocycles. The number of hydrogen-bond acceptors (Lipinski definition) is 19. The van der Waals surface area contributed by atoms with Crippen LogP contribution in [0.3, 0.4) is 0 Å². The van der Waals surface area contributed by atoms with Crippen LogP contribution in [0.15, 0.2) is 11.6 Å². The van der Waals surface area contributed by atoms with E-state index in [1.165, 1.54) is 21.3 Å². The van der Waals surface area contributed by atoms with Crippen LogP contribution in [0.2, 0.25) is 0 Å². The molecular formula is C65H106O20. The predicted octanol–water partition coefficient (Wildman–Crippen LogP) is 7.06. The van der Waals surface area contributed by atoms with Crippen molar-refractivity contribution in [3.05, 3.63) is 11.6 Å². The second-order valence-corrected chi connectivity index (χ2v) is 28.8. The van der Waals surface area contributed by atoms with Crippen LogP contribution >= 0.6 is 0 Å². The minimum atomic E-state index is -1.65. The van der Waals surface area contributed by atoms with Crippen molar-refractivity contribution < 1.29 is 97.2 Å². The SMILES string of the molecule is CCC(C)C(CC(O)CC(=O)OC(CC(O)CC(=O)CC1C(O)C(C)OC(OC(=O)[C@]23CCC(C)(C)CC2C2=CCC4C5(C)CC[C@H](OC6OC(C(=O)O)C(O)C(OC)C6OC)[C@@](C)(C=O)C5CCC4(C)[C@]2(C)C[C@H]3O)C1OC)C(C)CC)OC. The maximum atomic E-state index is 15.5. The number of carboxylic acids is 1. The number of carbonyl (C=O) groups is 5. The summed E-state index contributed by atoms with van der Waals surface area (Å²) in [5, 5.41) is 67.7. The van der Waals surface area contributed by atoms with Crippen LogP contribution in [0.1, 0.15) is 179 Å². The van der Waals surface area contributed by atoms with Gasteiger partial charge in [-0.1, -0.05) is 93.7 Å². The van der Waals surface area contributed by atoms with Crippen molar-refractivity contribution in [3.63, 3.8) is 0 Å². The Morgan fingerprint density at radius 1 is 0.753 bits per heavy atom. The molecule has 0 aromatic carbocycles. The molecule has 6 N–H and O–H groups in total. The molecule has 85 heavy (non-hydrogen) atoms. The number of allylic oxidation sites excluding steroid dienone is 2. The fraction of sp³-hybridized carbons (Fsp3) is 0.892. The van der Waals surface area contributed by atoms with E-state index in [1.807, 2.05) is 34.6 Å². The third kappa shape index (κ3) is 13.0. The van der Waals surface area contributed by atoms with Crippen molar-refractivity contribution in [2.24, 2.45) is 68.0 Å². The van der Waals surface area contributed by atoms with E-state index in [1.54, 1.807) is 14.0 Å². The van der Waals surface area contributed by atoms with Crippen LogP contribution in [0.4, 0.5) is 0 Å². The molecule has 486 valence electrons. The van der Waals surface area contributed by atoms with Gasteiger partial charge in [0.2, 0.25) is 6.29 Å². The maximum Gasteiger partial charge on any atom is 0.335 e. The second kappa shape index (κ2) is 27.2. The van der Waals surface area contributed by atoms with Crippen LogP contribution in [-0.2, 0) is 66.6 Å². The number of methoxy groups -OCH3 is 4. The van der Waals surface area contributed by atoms with Crippen molar-refractivity contribution in [2.75, 3.05) is 28.4 Å². The van der Waals surface area contributed by atoms with E-state index >= 15 is 4.79 Å². The number of ether oxygens (including phenoxy) is 9. The summed E-state index contributed by atoms with van der Waals surface area (Å²) < 4.78 is 53.9. The average Bonchev–Trinajstić information content (AvgIpc) is 0.846. The van der Waals surface area contributed by atoms with Gasteiger partial charge in [-0.3, -0.25) is 14.4 Å². The predicted molar refractivity (Wildman–Crippen MR) is 310 cm³/mol. The molecule has 0 bridgehead atoms. The van der Waals surface area contributed by atoms with Crippen molar-refractivity contribution in [3.8, 4) is 0 Å². The Bertz CT molecular complexity index is 2360. The molecule has 20 heteroatoms. The number of hydrogen-bond donors (Lipinski definition) is 6. The lowest BCUT2D eigenvalue weighted by Crippen LogP contribution is -2.69. The molecule has 7 aliphatic rings. The van der Waals surface area contributed by atoms with Crippen molar-refractivity contribution >= 4 is 30.0 Å². The Labute approximate surface area is 504 Å². The molecule has 7 rings (SSSR count). The fourth-order valence-electron chi connectivity index (χ4n) is 17.8. The summed E-state index contributed by atoms with van der Waals surface area (Å²) >= 11 is 0. The largest absolute Gasteiger partial charge is 0.479 e. The molecule has 2 aliphatic heterocycles. The van der Waals surface area contributed by atoms with Gasteiger partial charge in [0.1, 0.15) is 48.0 Å². The number of aliphatic carboxylic acids is 1. The van der Waals surface area contributed by atoms with Crippen LogP contribution in [0.5, 0.6) is 0 Å². The first-order valence-corrected chi connectivity index (χ1v) is 31.6. The van der Waals surface area contributed by atoms with Crippen molar-refractivity contribution in [2.45, 2.75) is 271 Å². The second-order valence-electron chi connectivity index (χ2n) is 28.8. The highest BCUT2D eigenvalue weighted by Crippen LogP contribution is 2.76. The van der Waals surface area contributed by atoms with Gasteiger partial charge >= 0.3 is 17.9 Å². The topological polar surface area (TPSA) is 290 Å². The van der Waals surface area contributed by atoms with Crippen molar-refractivity contribution in [1.82, 2.24) is 0 Å². The van der Waals surface area contributed by atoms with E-state index in [0.717, 1.165) is 18.3 Å². The molecule has 20 nitrogen and oxygen atoms in total. The van der Waals surface area contributed by atoms with Crippen LogP contribution in [-0.4, -0.2) is 181 Å². The first-order chi connectivity index (χ1) is 39.8. The van der Waals surface area contributed by atoms with Gasteiger partial charge < -0.3 is 78.1 Å². The van der Waals surface area contributed by atoms with E-state index in [0.29, 0.717) is 57.8 Å². The molecule has 6 fully saturated rings. The highest BCUT2D eigenvalue weighted by atomic mass is 16.7.